The minimum atomic E-state index is -0.596. The molecule has 0 saturated heterocycles. The Morgan fingerprint density at radius 3 is 2.76 bits per heavy atom. The van der Waals surface area contributed by atoms with Crippen molar-refractivity contribution in [3.8, 4) is 5.75 Å². The van der Waals surface area contributed by atoms with Crippen LogP contribution >= 0.6 is 15.9 Å². The lowest BCUT2D eigenvalue weighted by Crippen LogP contribution is -2.30. The third-order valence-electron chi connectivity index (χ3n) is 2.76. The first kappa shape index (κ1) is 15.0. The van der Waals surface area contributed by atoms with E-state index in [4.69, 9.17) is 4.74 Å². The average molecular weight is 356 g/mol. The minimum Gasteiger partial charge on any atom is -0.490 e. The molecule has 0 fully saturated rings. The van der Waals surface area contributed by atoms with Gasteiger partial charge >= 0.3 is 11.4 Å². The van der Waals surface area contributed by atoms with E-state index in [2.05, 4.69) is 20.9 Å². The third-order valence-corrected chi connectivity index (χ3v) is 3.33. The highest BCUT2D eigenvalue weighted by Crippen LogP contribution is 2.27. The fourth-order valence-corrected chi connectivity index (χ4v) is 2.12. The van der Waals surface area contributed by atoms with Gasteiger partial charge in [0.1, 0.15) is 0 Å². The number of hydrogen-bond acceptors (Lipinski definition) is 5. The Morgan fingerprint density at radius 2 is 2.14 bits per heavy atom. The lowest BCUT2D eigenvalue weighted by Gasteiger charge is -2.07. The molecule has 21 heavy (non-hydrogen) atoms. The zero-order valence-electron chi connectivity index (χ0n) is 10.8. The summed E-state index contributed by atoms with van der Waals surface area (Å²) in [5.41, 5.74) is -0.784. The van der Waals surface area contributed by atoms with E-state index in [1.165, 1.54) is 30.0 Å². The lowest BCUT2D eigenvalue weighted by molar-refractivity contribution is -0.385. The lowest BCUT2D eigenvalue weighted by atomic mass is 10.2. The van der Waals surface area contributed by atoms with Crippen molar-refractivity contribution >= 4 is 21.6 Å². The largest absolute Gasteiger partial charge is 0.490 e. The number of benzene rings is 1. The molecule has 1 heterocycles. The van der Waals surface area contributed by atoms with Gasteiger partial charge in [-0.15, -0.1) is 0 Å². The van der Waals surface area contributed by atoms with E-state index in [9.17, 15) is 19.7 Å². The summed E-state index contributed by atoms with van der Waals surface area (Å²) >= 11 is 3.02. The second kappa shape index (κ2) is 5.92. The van der Waals surface area contributed by atoms with Gasteiger partial charge < -0.3 is 4.74 Å². The molecule has 110 valence electrons. The van der Waals surface area contributed by atoms with E-state index < -0.39 is 16.2 Å². The van der Waals surface area contributed by atoms with Crippen LogP contribution in [-0.2, 0) is 6.54 Å². The molecule has 0 aliphatic rings. The number of ether oxygens (including phenoxy) is 1. The third kappa shape index (κ3) is 3.19. The number of methoxy groups -OCH3 is 1. The monoisotopic (exact) mass is 355 g/mol. The highest BCUT2D eigenvalue weighted by Gasteiger charge is 2.15. The van der Waals surface area contributed by atoms with Crippen molar-refractivity contribution in [3.05, 3.63) is 65.4 Å². The van der Waals surface area contributed by atoms with Crippen molar-refractivity contribution in [2.75, 3.05) is 7.11 Å². The fourth-order valence-electron chi connectivity index (χ4n) is 1.77. The van der Waals surface area contributed by atoms with Crippen molar-refractivity contribution in [3.63, 3.8) is 0 Å². The molecular formula is C12H10BrN3O5. The maximum atomic E-state index is 11.7. The Morgan fingerprint density at radius 1 is 1.43 bits per heavy atom. The zero-order valence-corrected chi connectivity index (χ0v) is 12.4. The molecule has 8 nitrogen and oxygen atoms in total. The molecule has 0 unspecified atom stereocenters. The summed E-state index contributed by atoms with van der Waals surface area (Å²) in [6.07, 6.45) is 1.33. The van der Waals surface area contributed by atoms with Crippen LogP contribution in [0.2, 0.25) is 0 Å². The molecule has 0 aliphatic heterocycles. The van der Waals surface area contributed by atoms with E-state index in [-0.39, 0.29) is 22.5 Å². The molecule has 2 aromatic rings. The number of hydrogen-bond donors (Lipinski definition) is 1. The maximum absolute atomic E-state index is 11.7. The summed E-state index contributed by atoms with van der Waals surface area (Å²) in [6.45, 7) is 0.0824. The quantitative estimate of drug-likeness (QED) is 0.656. The SMILES string of the molecule is COc1ccc(Cn2cc(Br)c(=O)[nH]c2=O)cc1[N+](=O)[O-]. The van der Waals surface area contributed by atoms with Gasteiger partial charge in [-0.1, -0.05) is 6.07 Å². The van der Waals surface area contributed by atoms with Crippen LogP contribution in [0.1, 0.15) is 5.56 Å². The topological polar surface area (TPSA) is 107 Å². The normalized spacial score (nSPS) is 10.4. The molecule has 0 bridgehead atoms. The Balaban J connectivity index is 2.43. The predicted molar refractivity (Wildman–Crippen MR) is 77.8 cm³/mol. The van der Waals surface area contributed by atoms with E-state index in [1.54, 1.807) is 6.07 Å². The number of rotatable bonds is 4. The van der Waals surface area contributed by atoms with Crippen molar-refractivity contribution in [1.82, 2.24) is 9.55 Å². The van der Waals surface area contributed by atoms with Gasteiger partial charge in [0.25, 0.3) is 5.56 Å². The van der Waals surface area contributed by atoms with E-state index in [0.717, 1.165) is 0 Å². The van der Waals surface area contributed by atoms with Crippen molar-refractivity contribution in [1.29, 1.82) is 0 Å². The zero-order chi connectivity index (χ0) is 15.6. The van der Waals surface area contributed by atoms with Gasteiger partial charge in [-0.3, -0.25) is 24.5 Å². The molecule has 1 aromatic carbocycles. The summed E-state index contributed by atoms with van der Waals surface area (Å²) < 4.78 is 6.34. The summed E-state index contributed by atoms with van der Waals surface area (Å²) in [6, 6.07) is 4.39. The summed E-state index contributed by atoms with van der Waals surface area (Å²) in [4.78, 5) is 35.4. The van der Waals surface area contributed by atoms with Crippen molar-refractivity contribution in [2.24, 2.45) is 0 Å². The van der Waals surface area contributed by atoms with Gasteiger partial charge in [0.2, 0.25) is 0 Å². The first-order valence-electron chi connectivity index (χ1n) is 5.73. The minimum absolute atomic E-state index is 0.0824. The van der Waals surface area contributed by atoms with Gasteiger partial charge in [0, 0.05) is 12.3 Å². The molecule has 0 atom stereocenters. The Bertz CT molecular complexity index is 811. The van der Waals surface area contributed by atoms with E-state index in [1.807, 2.05) is 0 Å². The van der Waals surface area contributed by atoms with Gasteiger partial charge in [-0.05, 0) is 27.6 Å². The van der Waals surface area contributed by atoms with Crippen LogP contribution in [0, 0.1) is 10.1 Å². The number of nitro groups is 1. The second-order valence-electron chi connectivity index (χ2n) is 4.13. The van der Waals surface area contributed by atoms with E-state index >= 15 is 0 Å². The molecule has 2 rings (SSSR count). The highest BCUT2D eigenvalue weighted by atomic mass is 79.9. The first-order valence-corrected chi connectivity index (χ1v) is 6.52. The maximum Gasteiger partial charge on any atom is 0.328 e. The second-order valence-corrected chi connectivity index (χ2v) is 4.98. The van der Waals surface area contributed by atoms with Crippen LogP contribution < -0.4 is 16.0 Å². The van der Waals surface area contributed by atoms with Crippen LogP contribution in [0.4, 0.5) is 5.69 Å². The molecular weight excluding hydrogens is 346 g/mol. The Hall–Kier alpha value is -2.42. The number of nitro benzene ring substituents is 1. The number of nitrogens with zero attached hydrogens (tertiary/aromatic N) is 2. The summed E-state index contributed by atoms with van der Waals surface area (Å²) in [5.74, 6) is 0.138. The molecule has 0 radical (unpaired) electrons. The van der Waals surface area contributed by atoms with E-state index in [0.29, 0.717) is 5.56 Å². The van der Waals surface area contributed by atoms with Crippen LogP contribution in [0.3, 0.4) is 0 Å². The molecule has 0 aliphatic carbocycles. The molecule has 1 aromatic heterocycles. The molecule has 0 amide bonds. The fraction of sp³-hybridized carbons (Fsp3) is 0.167. The van der Waals surface area contributed by atoms with Crippen LogP contribution in [0.25, 0.3) is 0 Å². The number of halogens is 1. The summed E-state index contributed by atoms with van der Waals surface area (Å²) in [7, 11) is 1.34. The van der Waals surface area contributed by atoms with Gasteiger partial charge in [0.15, 0.2) is 5.75 Å². The number of aromatic amines is 1. The van der Waals surface area contributed by atoms with Crippen LogP contribution in [0.5, 0.6) is 5.75 Å². The van der Waals surface area contributed by atoms with Gasteiger partial charge in [0.05, 0.1) is 23.1 Å². The Kier molecular flexibility index (Phi) is 4.22. The molecule has 1 N–H and O–H groups in total. The van der Waals surface area contributed by atoms with Crippen molar-refractivity contribution in [2.45, 2.75) is 6.54 Å². The Labute approximate surface area is 126 Å². The first-order chi connectivity index (χ1) is 9.92. The number of H-pyrrole nitrogens is 1. The molecule has 0 spiro atoms. The number of aromatic nitrogens is 2. The average Bonchev–Trinajstić information content (AvgIpc) is 2.44. The van der Waals surface area contributed by atoms with Gasteiger partial charge in [-0.25, -0.2) is 4.79 Å². The van der Waals surface area contributed by atoms with Crippen LogP contribution in [-0.4, -0.2) is 21.6 Å². The standard InChI is InChI=1S/C12H10BrN3O5/c1-21-10-3-2-7(4-9(10)16(19)20)5-15-6-8(13)11(17)14-12(15)18/h2-4,6H,5H2,1H3,(H,14,17,18). The van der Waals surface area contributed by atoms with Gasteiger partial charge in [-0.2, -0.15) is 0 Å². The highest BCUT2D eigenvalue weighted by molar-refractivity contribution is 9.10. The molecule has 9 heteroatoms. The van der Waals surface area contributed by atoms with Crippen LogP contribution in [0.15, 0.2) is 38.5 Å². The number of nitrogens with one attached hydrogen (secondary N) is 1. The smallest absolute Gasteiger partial charge is 0.328 e. The molecule has 0 saturated carbocycles. The summed E-state index contributed by atoms with van der Waals surface area (Å²) in [5, 5.41) is 11.0. The predicted octanol–water partition coefficient (Wildman–Crippen LogP) is 1.26. The van der Waals surface area contributed by atoms with Crippen molar-refractivity contribution < 1.29 is 9.66 Å².